The number of hydrogen-bond donors (Lipinski definition) is 1. The number of benzene rings is 4. The van der Waals surface area contributed by atoms with Crippen molar-refractivity contribution < 1.29 is 14.4 Å². The largest absolute Gasteiger partial charge is 0.357 e. The van der Waals surface area contributed by atoms with Gasteiger partial charge in [0.25, 0.3) is 5.91 Å². The van der Waals surface area contributed by atoms with Crippen LogP contribution >= 0.6 is 11.6 Å². The molecule has 7 heteroatoms. The molecule has 0 saturated carbocycles. The quantitative estimate of drug-likeness (QED) is 0.368. The van der Waals surface area contributed by atoms with Crippen LogP contribution in [0.25, 0.3) is 10.8 Å². The zero-order chi connectivity index (χ0) is 25.9. The van der Waals surface area contributed by atoms with Crippen molar-refractivity contribution in [1.29, 1.82) is 0 Å². The molecule has 1 aliphatic rings. The van der Waals surface area contributed by atoms with Gasteiger partial charge in [-0.25, -0.2) is 0 Å². The first-order valence-electron chi connectivity index (χ1n) is 12.1. The number of carbonyl (C=O) groups is 3. The number of likely N-dealkylation sites (N-methyl/N-ethyl adjacent to an activating group) is 1. The van der Waals surface area contributed by atoms with Crippen molar-refractivity contribution in [3.8, 4) is 0 Å². The highest BCUT2D eigenvalue weighted by Crippen LogP contribution is 2.37. The molecule has 0 fully saturated rings. The van der Waals surface area contributed by atoms with E-state index in [-0.39, 0.29) is 30.8 Å². The molecule has 0 aliphatic carbocycles. The molecular weight excluding hydrogens is 486 g/mol. The molecule has 1 heterocycles. The third kappa shape index (κ3) is 4.80. The van der Waals surface area contributed by atoms with E-state index < -0.39 is 6.04 Å². The van der Waals surface area contributed by atoms with Crippen molar-refractivity contribution in [3.63, 3.8) is 0 Å². The number of halogens is 1. The van der Waals surface area contributed by atoms with E-state index in [1.54, 1.807) is 19.2 Å². The van der Waals surface area contributed by atoms with Gasteiger partial charge in [-0.1, -0.05) is 84.4 Å². The van der Waals surface area contributed by atoms with Crippen LogP contribution in [0.15, 0.2) is 91.0 Å². The Bertz CT molecular complexity index is 1480. The van der Waals surface area contributed by atoms with Gasteiger partial charge in [0, 0.05) is 36.0 Å². The average Bonchev–Trinajstić information content (AvgIpc) is 3.19. The molecule has 37 heavy (non-hydrogen) atoms. The highest BCUT2D eigenvalue weighted by atomic mass is 35.5. The molecular formula is C30H26ClN3O3. The fraction of sp³-hybridized carbons (Fsp3) is 0.167. The van der Waals surface area contributed by atoms with E-state index in [9.17, 15) is 14.4 Å². The van der Waals surface area contributed by atoms with Crippen molar-refractivity contribution in [1.82, 2.24) is 10.2 Å². The monoisotopic (exact) mass is 511 g/mol. The van der Waals surface area contributed by atoms with E-state index in [0.29, 0.717) is 22.7 Å². The highest BCUT2D eigenvalue weighted by Gasteiger charge is 2.35. The van der Waals surface area contributed by atoms with Gasteiger partial charge in [0.2, 0.25) is 11.8 Å². The van der Waals surface area contributed by atoms with Gasteiger partial charge in [-0.15, -0.1) is 0 Å². The Labute approximate surface area is 220 Å². The summed E-state index contributed by atoms with van der Waals surface area (Å²) in [6.07, 6.45) is 0.320. The molecule has 0 radical (unpaired) electrons. The van der Waals surface area contributed by atoms with Crippen LogP contribution in [-0.2, 0) is 22.6 Å². The summed E-state index contributed by atoms with van der Waals surface area (Å²) in [5.74, 6) is -0.859. The molecule has 5 rings (SSSR count). The third-order valence-electron chi connectivity index (χ3n) is 6.76. The summed E-state index contributed by atoms with van der Waals surface area (Å²) < 4.78 is 0. The predicted molar refractivity (Wildman–Crippen MR) is 146 cm³/mol. The van der Waals surface area contributed by atoms with E-state index >= 15 is 0 Å². The lowest BCUT2D eigenvalue weighted by atomic mass is 10.0. The Hall–Kier alpha value is -4.16. The van der Waals surface area contributed by atoms with Crippen molar-refractivity contribution >= 4 is 45.8 Å². The zero-order valence-electron chi connectivity index (χ0n) is 20.4. The molecule has 1 aliphatic heterocycles. The van der Waals surface area contributed by atoms with Crippen molar-refractivity contribution in [3.05, 3.63) is 113 Å². The van der Waals surface area contributed by atoms with Crippen molar-refractivity contribution in [2.24, 2.45) is 0 Å². The molecule has 0 saturated heterocycles. The number of anilines is 1. The fourth-order valence-electron chi connectivity index (χ4n) is 4.89. The summed E-state index contributed by atoms with van der Waals surface area (Å²) in [5.41, 5.74) is 2.91. The molecule has 0 spiro atoms. The van der Waals surface area contributed by atoms with E-state index in [2.05, 4.69) is 5.32 Å². The number of nitrogens with zero attached hydrogens (tertiary/aromatic N) is 2. The molecule has 0 bridgehead atoms. The second kappa shape index (κ2) is 10.4. The van der Waals surface area contributed by atoms with Gasteiger partial charge in [-0.05, 0) is 34.7 Å². The van der Waals surface area contributed by atoms with Crippen LogP contribution in [0, 0.1) is 0 Å². The van der Waals surface area contributed by atoms with Crippen molar-refractivity contribution in [2.45, 2.75) is 19.0 Å². The van der Waals surface area contributed by atoms with Crippen LogP contribution in [0.3, 0.4) is 0 Å². The number of amides is 3. The second-order valence-electron chi connectivity index (χ2n) is 9.00. The molecule has 3 amide bonds. The minimum absolute atomic E-state index is 0.128. The maximum atomic E-state index is 14.0. The summed E-state index contributed by atoms with van der Waals surface area (Å²) in [4.78, 5) is 43.5. The first kappa shape index (κ1) is 24.5. The van der Waals surface area contributed by atoms with Gasteiger partial charge in [0.15, 0.2) is 0 Å². The lowest BCUT2D eigenvalue weighted by Gasteiger charge is -2.32. The van der Waals surface area contributed by atoms with Crippen LogP contribution in [-0.4, -0.2) is 42.3 Å². The third-order valence-corrected chi connectivity index (χ3v) is 7.13. The molecule has 6 nitrogen and oxygen atoms in total. The molecule has 1 atom stereocenters. The Balaban J connectivity index is 1.51. The minimum Gasteiger partial charge on any atom is -0.357 e. The fourth-order valence-corrected chi connectivity index (χ4v) is 5.09. The molecule has 4 aromatic rings. The normalized spacial score (nSPS) is 13.0. The first-order valence-corrected chi connectivity index (χ1v) is 12.5. The predicted octanol–water partition coefficient (Wildman–Crippen LogP) is 4.84. The van der Waals surface area contributed by atoms with Gasteiger partial charge in [-0.2, -0.15) is 0 Å². The van der Waals surface area contributed by atoms with Crippen LogP contribution in [0.1, 0.15) is 21.5 Å². The maximum absolute atomic E-state index is 14.0. The van der Waals surface area contributed by atoms with Crippen LogP contribution in [0.5, 0.6) is 0 Å². The van der Waals surface area contributed by atoms with E-state index in [1.807, 2.05) is 78.9 Å². The van der Waals surface area contributed by atoms with E-state index in [1.165, 1.54) is 9.80 Å². The summed E-state index contributed by atoms with van der Waals surface area (Å²) in [7, 11) is 1.56. The highest BCUT2D eigenvalue weighted by molar-refractivity contribution is 6.31. The Kier molecular flexibility index (Phi) is 6.93. The average molecular weight is 512 g/mol. The zero-order valence-corrected chi connectivity index (χ0v) is 21.1. The standard InChI is InChI=1S/C30H26ClN3O3/c1-32-29(36)26(17-20-9-3-2-4-10-20)33(18-22-11-5-6-15-24(22)31)27(35)19-34-25-16-8-13-21-12-7-14-23(28(21)25)30(34)37/h2-16,26H,17-19H2,1H3,(H,32,36)/t26-/m1/s1. The maximum Gasteiger partial charge on any atom is 0.259 e. The van der Waals surface area contributed by atoms with Crippen LogP contribution in [0.2, 0.25) is 5.02 Å². The van der Waals surface area contributed by atoms with Crippen LogP contribution < -0.4 is 10.2 Å². The smallest absolute Gasteiger partial charge is 0.259 e. The molecule has 4 aromatic carbocycles. The molecule has 0 aromatic heterocycles. The number of rotatable bonds is 8. The lowest BCUT2D eigenvalue weighted by molar-refractivity contribution is -0.140. The second-order valence-corrected chi connectivity index (χ2v) is 9.41. The lowest BCUT2D eigenvalue weighted by Crippen LogP contribution is -2.52. The molecule has 1 N–H and O–H groups in total. The SMILES string of the molecule is CNC(=O)[C@@H](Cc1ccccc1)N(Cc1ccccc1Cl)C(=O)CN1C(=O)c2cccc3cccc1c23. The van der Waals surface area contributed by atoms with E-state index in [4.69, 9.17) is 11.6 Å². The minimum atomic E-state index is -0.799. The van der Waals surface area contributed by atoms with E-state index in [0.717, 1.165) is 21.9 Å². The molecule has 186 valence electrons. The van der Waals surface area contributed by atoms with Gasteiger partial charge in [-0.3, -0.25) is 19.3 Å². The van der Waals surface area contributed by atoms with Gasteiger partial charge >= 0.3 is 0 Å². The summed E-state index contributed by atoms with van der Waals surface area (Å²) >= 11 is 6.46. The number of nitrogens with one attached hydrogen (secondary N) is 1. The summed E-state index contributed by atoms with van der Waals surface area (Å²) in [5, 5.41) is 5.00. The summed E-state index contributed by atoms with van der Waals surface area (Å²) in [6.45, 7) is -0.0675. The molecule has 0 unspecified atom stereocenters. The Morgan fingerprint density at radius 2 is 1.62 bits per heavy atom. The van der Waals surface area contributed by atoms with Gasteiger partial charge in [0.05, 0.1) is 5.69 Å². The Morgan fingerprint density at radius 1 is 0.919 bits per heavy atom. The van der Waals surface area contributed by atoms with Crippen molar-refractivity contribution in [2.75, 3.05) is 18.5 Å². The first-order chi connectivity index (χ1) is 18.0. The number of carbonyl (C=O) groups excluding carboxylic acids is 3. The summed E-state index contributed by atoms with van der Waals surface area (Å²) in [6, 6.07) is 27.3. The topological polar surface area (TPSA) is 69.7 Å². The van der Waals surface area contributed by atoms with Gasteiger partial charge < -0.3 is 10.2 Å². The van der Waals surface area contributed by atoms with Crippen LogP contribution in [0.4, 0.5) is 5.69 Å². The number of hydrogen-bond acceptors (Lipinski definition) is 3. The Morgan fingerprint density at radius 3 is 2.35 bits per heavy atom. The van der Waals surface area contributed by atoms with Gasteiger partial charge in [0.1, 0.15) is 12.6 Å².